The molecule has 0 unspecified atom stereocenters. The lowest BCUT2D eigenvalue weighted by atomic mass is 9.97. The van der Waals surface area contributed by atoms with Crippen LogP contribution in [0.2, 0.25) is 0 Å². The van der Waals surface area contributed by atoms with Crippen LogP contribution in [0.5, 0.6) is 0 Å². The molecule has 0 aliphatic heterocycles. The summed E-state index contributed by atoms with van der Waals surface area (Å²) in [5.74, 6) is 0.783. The van der Waals surface area contributed by atoms with E-state index in [2.05, 4.69) is 17.6 Å². The molecule has 0 saturated heterocycles. The van der Waals surface area contributed by atoms with E-state index in [4.69, 9.17) is 0 Å². The first-order valence-electron chi connectivity index (χ1n) is 5.97. The van der Waals surface area contributed by atoms with Gasteiger partial charge in [0.15, 0.2) is 0 Å². The molecule has 0 aromatic carbocycles. The van der Waals surface area contributed by atoms with Crippen molar-refractivity contribution in [1.82, 2.24) is 10.6 Å². The molecule has 0 aromatic heterocycles. The van der Waals surface area contributed by atoms with Gasteiger partial charge in [-0.2, -0.15) is 0 Å². The van der Waals surface area contributed by atoms with Crippen molar-refractivity contribution < 1.29 is 4.79 Å². The second-order valence-electron chi connectivity index (χ2n) is 5.18. The standard InChI is InChI=1S/C12H24N2O/c1-9(10-7-5-6-8-10)14-11(15)12(2,3)13-4/h9-10,13H,5-8H2,1-4H3,(H,14,15)/t9-/m0/s1. The molecular weight excluding hydrogens is 188 g/mol. The first-order chi connectivity index (χ1) is 6.97. The lowest BCUT2D eigenvalue weighted by Gasteiger charge is -2.28. The van der Waals surface area contributed by atoms with Crippen molar-refractivity contribution in [3.63, 3.8) is 0 Å². The summed E-state index contributed by atoms with van der Waals surface area (Å²) in [6, 6.07) is 0.313. The van der Waals surface area contributed by atoms with Gasteiger partial charge in [0.05, 0.1) is 5.54 Å². The fraction of sp³-hybridized carbons (Fsp3) is 0.917. The summed E-state index contributed by atoms with van der Waals surface area (Å²) in [7, 11) is 1.82. The van der Waals surface area contributed by atoms with Crippen molar-refractivity contribution in [1.29, 1.82) is 0 Å². The maximum atomic E-state index is 11.9. The van der Waals surface area contributed by atoms with E-state index in [0.717, 1.165) is 0 Å². The number of nitrogens with one attached hydrogen (secondary N) is 2. The van der Waals surface area contributed by atoms with Gasteiger partial charge in [-0.15, -0.1) is 0 Å². The van der Waals surface area contributed by atoms with Gasteiger partial charge >= 0.3 is 0 Å². The molecular formula is C12H24N2O. The van der Waals surface area contributed by atoms with Gasteiger partial charge in [0.2, 0.25) is 5.91 Å². The van der Waals surface area contributed by atoms with E-state index in [9.17, 15) is 4.79 Å². The highest BCUT2D eigenvalue weighted by molar-refractivity contribution is 5.85. The summed E-state index contributed by atoms with van der Waals surface area (Å²) in [6.45, 7) is 5.94. The maximum absolute atomic E-state index is 11.9. The molecule has 15 heavy (non-hydrogen) atoms. The van der Waals surface area contributed by atoms with E-state index in [1.807, 2.05) is 20.9 Å². The minimum atomic E-state index is -0.465. The summed E-state index contributed by atoms with van der Waals surface area (Å²) >= 11 is 0. The highest BCUT2D eigenvalue weighted by Crippen LogP contribution is 2.27. The molecule has 1 aliphatic rings. The number of carbonyl (C=O) groups is 1. The summed E-state index contributed by atoms with van der Waals surface area (Å²) in [4.78, 5) is 11.9. The number of hydrogen-bond donors (Lipinski definition) is 2. The van der Waals surface area contributed by atoms with Crippen molar-refractivity contribution in [3.8, 4) is 0 Å². The Kier molecular flexibility index (Phi) is 4.14. The molecule has 1 amide bonds. The molecule has 0 radical (unpaired) electrons. The molecule has 1 fully saturated rings. The van der Waals surface area contributed by atoms with Gasteiger partial charge in [-0.3, -0.25) is 4.79 Å². The van der Waals surface area contributed by atoms with Gasteiger partial charge in [-0.1, -0.05) is 12.8 Å². The van der Waals surface area contributed by atoms with E-state index in [1.54, 1.807) is 0 Å². The SMILES string of the molecule is CNC(C)(C)C(=O)N[C@@H](C)C1CCCC1. The lowest BCUT2D eigenvalue weighted by molar-refractivity contribution is -0.127. The quantitative estimate of drug-likeness (QED) is 0.744. The van der Waals surface area contributed by atoms with Crippen LogP contribution >= 0.6 is 0 Å². The molecule has 2 N–H and O–H groups in total. The second-order valence-corrected chi connectivity index (χ2v) is 5.18. The Labute approximate surface area is 93.0 Å². The fourth-order valence-electron chi connectivity index (χ4n) is 2.08. The first-order valence-corrected chi connectivity index (χ1v) is 5.97. The fourth-order valence-corrected chi connectivity index (χ4v) is 2.08. The topological polar surface area (TPSA) is 41.1 Å². The number of likely N-dealkylation sites (N-methyl/N-ethyl adjacent to an activating group) is 1. The van der Waals surface area contributed by atoms with Crippen molar-refractivity contribution in [2.24, 2.45) is 5.92 Å². The third-order valence-corrected chi connectivity index (χ3v) is 3.66. The summed E-state index contributed by atoms with van der Waals surface area (Å²) in [6.07, 6.45) is 5.17. The Morgan fingerprint density at radius 2 is 1.87 bits per heavy atom. The van der Waals surface area contributed by atoms with Crippen molar-refractivity contribution in [2.45, 2.75) is 58.0 Å². The van der Waals surface area contributed by atoms with E-state index in [1.165, 1.54) is 25.7 Å². The minimum absolute atomic E-state index is 0.101. The van der Waals surface area contributed by atoms with Crippen LogP contribution in [0.4, 0.5) is 0 Å². The van der Waals surface area contributed by atoms with Gasteiger partial charge in [0, 0.05) is 6.04 Å². The smallest absolute Gasteiger partial charge is 0.239 e. The van der Waals surface area contributed by atoms with Crippen LogP contribution in [0, 0.1) is 5.92 Å². The van der Waals surface area contributed by atoms with Gasteiger partial charge < -0.3 is 10.6 Å². The molecule has 3 nitrogen and oxygen atoms in total. The van der Waals surface area contributed by atoms with Crippen LogP contribution in [0.25, 0.3) is 0 Å². The highest BCUT2D eigenvalue weighted by atomic mass is 16.2. The molecule has 1 atom stereocenters. The van der Waals surface area contributed by atoms with Crippen molar-refractivity contribution in [2.75, 3.05) is 7.05 Å². The van der Waals surface area contributed by atoms with Crippen molar-refractivity contribution >= 4 is 5.91 Å². The monoisotopic (exact) mass is 212 g/mol. The molecule has 0 heterocycles. The highest BCUT2D eigenvalue weighted by Gasteiger charge is 2.29. The molecule has 1 saturated carbocycles. The van der Waals surface area contributed by atoms with E-state index < -0.39 is 5.54 Å². The maximum Gasteiger partial charge on any atom is 0.239 e. The van der Waals surface area contributed by atoms with E-state index >= 15 is 0 Å². The van der Waals surface area contributed by atoms with Crippen LogP contribution in [-0.4, -0.2) is 24.5 Å². The van der Waals surface area contributed by atoms with Crippen LogP contribution in [0.3, 0.4) is 0 Å². The summed E-state index contributed by atoms with van der Waals surface area (Å²) in [5.41, 5.74) is -0.465. The van der Waals surface area contributed by atoms with Crippen LogP contribution in [0.15, 0.2) is 0 Å². The summed E-state index contributed by atoms with van der Waals surface area (Å²) in [5, 5.41) is 6.14. The Morgan fingerprint density at radius 1 is 1.33 bits per heavy atom. The molecule has 0 bridgehead atoms. The van der Waals surface area contributed by atoms with Gasteiger partial charge in [-0.05, 0) is 46.6 Å². The number of hydrogen-bond acceptors (Lipinski definition) is 2. The van der Waals surface area contributed by atoms with Gasteiger partial charge in [-0.25, -0.2) is 0 Å². The normalized spacial score (nSPS) is 20.3. The molecule has 88 valence electrons. The largest absolute Gasteiger partial charge is 0.352 e. The number of amides is 1. The predicted octanol–water partition coefficient (Wildman–Crippen LogP) is 1.68. The summed E-state index contributed by atoms with van der Waals surface area (Å²) < 4.78 is 0. The lowest BCUT2D eigenvalue weighted by Crippen LogP contribution is -2.54. The van der Waals surface area contributed by atoms with Crippen LogP contribution in [0.1, 0.15) is 46.5 Å². The Balaban J connectivity index is 2.43. The van der Waals surface area contributed by atoms with Crippen LogP contribution < -0.4 is 10.6 Å². The van der Waals surface area contributed by atoms with Crippen molar-refractivity contribution in [3.05, 3.63) is 0 Å². The third-order valence-electron chi connectivity index (χ3n) is 3.66. The second kappa shape index (κ2) is 4.97. The average molecular weight is 212 g/mol. The Bertz CT molecular complexity index is 220. The van der Waals surface area contributed by atoms with E-state index in [-0.39, 0.29) is 5.91 Å². The number of rotatable bonds is 4. The average Bonchev–Trinajstić information content (AvgIpc) is 2.70. The zero-order valence-electron chi connectivity index (χ0n) is 10.4. The Morgan fingerprint density at radius 3 is 2.33 bits per heavy atom. The first kappa shape index (κ1) is 12.5. The molecule has 3 heteroatoms. The molecule has 0 spiro atoms. The predicted molar refractivity (Wildman–Crippen MR) is 62.7 cm³/mol. The molecule has 1 rings (SSSR count). The van der Waals surface area contributed by atoms with Crippen LogP contribution in [-0.2, 0) is 4.79 Å². The number of carbonyl (C=O) groups excluding carboxylic acids is 1. The molecule has 0 aromatic rings. The van der Waals surface area contributed by atoms with Gasteiger partial charge in [0.25, 0.3) is 0 Å². The Hall–Kier alpha value is -0.570. The zero-order chi connectivity index (χ0) is 11.5. The van der Waals surface area contributed by atoms with E-state index in [0.29, 0.717) is 12.0 Å². The third kappa shape index (κ3) is 3.20. The zero-order valence-corrected chi connectivity index (χ0v) is 10.4. The van der Waals surface area contributed by atoms with Gasteiger partial charge in [0.1, 0.15) is 0 Å². The molecule has 1 aliphatic carbocycles. The minimum Gasteiger partial charge on any atom is -0.352 e.